The molecule has 0 spiro atoms. The molecular weight excluding hydrogens is 270 g/mol. The lowest BCUT2D eigenvalue weighted by Crippen LogP contribution is -2.41. The van der Waals surface area contributed by atoms with Gasteiger partial charge in [0.2, 0.25) is 0 Å². The van der Waals surface area contributed by atoms with E-state index >= 15 is 0 Å². The zero-order valence-electron chi connectivity index (χ0n) is 15.8. The molecule has 2 nitrogen and oxygen atoms in total. The molecule has 0 aliphatic heterocycles. The van der Waals surface area contributed by atoms with Gasteiger partial charge in [0.1, 0.15) is 5.72 Å². The summed E-state index contributed by atoms with van der Waals surface area (Å²) in [4.78, 5) is 0. The molecule has 0 saturated carbocycles. The smallest absolute Gasteiger partial charge is 0.112 e. The second-order valence-corrected chi connectivity index (χ2v) is 7.15. The van der Waals surface area contributed by atoms with Crippen molar-refractivity contribution in [1.29, 1.82) is 0 Å². The first-order valence-corrected chi connectivity index (χ1v) is 10.1. The van der Waals surface area contributed by atoms with Crippen molar-refractivity contribution in [3.8, 4) is 0 Å². The average Bonchev–Trinajstić information content (AvgIpc) is 2.51. The van der Waals surface area contributed by atoms with Gasteiger partial charge in [-0.05, 0) is 26.3 Å². The SMILES string of the molecule is CCCCCCCCCCCCCCCCNC(C)(O)CC. The molecule has 2 N–H and O–H groups in total. The van der Waals surface area contributed by atoms with Crippen molar-refractivity contribution < 1.29 is 5.11 Å². The van der Waals surface area contributed by atoms with Crippen LogP contribution < -0.4 is 5.32 Å². The van der Waals surface area contributed by atoms with Crippen molar-refractivity contribution in [1.82, 2.24) is 5.32 Å². The lowest BCUT2D eigenvalue weighted by molar-refractivity contribution is 0.0203. The molecule has 22 heavy (non-hydrogen) atoms. The van der Waals surface area contributed by atoms with Crippen LogP contribution in [-0.2, 0) is 0 Å². The van der Waals surface area contributed by atoms with Crippen LogP contribution >= 0.6 is 0 Å². The van der Waals surface area contributed by atoms with Crippen LogP contribution in [0.2, 0.25) is 0 Å². The van der Waals surface area contributed by atoms with Gasteiger partial charge in [-0.2, -0.15) is 0 Å². The predicted octanol–water partition coefficient (Wildman–Crippen LogP) is 6.18. The van der Waals surface area contributed by atoms with Crippen LogP contribution in [0, 0.1) is 0 Å². The minimum atomic E-state index is -0.670. The Morgan fingerprint density at radius 3 is 1.36 bits per heavy atom. The van der Waals surface area contributed by atoms with Gasteiger partial charge in [-0.15, -0.1) is 0 Å². The third-order valence-corrected chi connectivity index (χ3v) is 4.72. The summed E-state index contributed by atoms with van der Waals surface area (Å²) in [6, 6.07) is 0. The third-order valence-electron chi connectivity index (χ3n) is 4.72. The highest BCUT2D eigenvalue weighted by atomic mass is 16.3. The number of hydrogen-bond donors (Lipinski definition) is 2. The van der Waals surface area contributed by atoms with Gasteiger partial charge >= 0.3 is 0 Å². The maximum atomic E-state index is 9.82. The van der Waals surface area contributed by atoms with E-state index in [-0.39, 0.29) is 0 Å². The van der Waals surface area contributed by atoms with Gasteiger partial charge in [-0.25, -0.2) is 0 Å². The van der Waals surface area contributed by atoms with E-state index < -0.39 is 5.72 Å². The van der Waals surface area contributed by atoms with E-state index in [4.69, 9.17) is 0 Å². The molecule has 0 aromatic carbocycles. The fourth-order valence-electron chi connectivity index (χ4n) is 2.80. The van der Waals surface area contributed by atoms with E-state index in [1.54, 1.807) is 0 Å². The summed E-state index contributed by atoms with van der Waals surface area (Å²) >= 11 is 0. The normalized spacial score (nSPS) is 14.2. The Hall–Kier alpha value is -0.0800. The molecule has 0 aliphatic rings. The maximum Gasteiger partial charge on any atom is 0.112 e. The van der Waals surface area contributed by atoms with E-state index in [1.807, 2.05) is 13.8 Å². The van der Waals surface area contributed by atoms with Crippen molar-refractivity contribution in [2.45, 2.75) is 123 Å². The molecule has 0 amide bonds. The highest BCUT2D eigenvalue weighted by Crippen LogP contribution is 2.13. The largest absolute Gasteiger partial charge is 0.376 e. The topological polar surface area (TPSA) is 32.3 Å². The first-order chi connectivity index (χ1) is 10.6. The Balaban J connectivity index is 3.06. The Morgan fingerprint density at radius 1 is 0.636 bits per heavy atom. The molecule has 0 radical (unpaired) electrons. The van der Waals surface area contributed by atoms with Gasteiger partial charge in [0.15, 0.2) is 0 Å². The molecule has 0 bridgehead atoms. The van der Waals surface area contributed by atoms with E-state index in [9.17, 15) is 5.11 Å². The van der Waals surface area contributed by atoms with Gasteiger partial charge < -0.3 is 5.11 Å². The summed E-state index contributed by atoms with van der Waals surface area (Å²) in [7, 11) is 0. The van der Waals surface area contributed by atoms with Crippen molar-refractivity contribution in [3.63, 3.8) is 0 Å². The van der Waals surface area contributed by atoms with Crippen LogP contribution in [0.15, 0.2) is 0 Å². The second-order valence-electron chi connectivity index (χ2n) is 7.15. The highest BCUT2D eigenvalue weighted by molar-refractivity contribution is 4.66. The molecule has 1 atom stereocenters. The van der Waals surface area contributed by atoms with Gasteiger partial charge in [-0.1, -0.05) is 97.3 Å². The molecule has 0 heterocycles. The standard InChI is InChI=1S/C20H43NO/c1-4-6-7-8-9-10-11-12-13-14-15-16-17-18-19-21-20(3,22)5-2/h21-22H,4-19H2,1-3H3. The lowest BCUT2D eigenvalue weighted by Gasteiger charge is -2.22. The Morgan fingerprint density at radius 2 is 1.00 bits per heavy atom. The number of aliphatic hydroxyl groups is 1. The first-order valence-electron chi connectivity index (χ1n) is 10.1. The average molecular weight is 314 g/mol. The number of rotatable bonds is 17. The van der Waals surface area contributed by atoms with Crippen LogP contribution in [0.1, 0.15) is 117 Å². The van der Waals surface area contributed by atoms with Gasteiger partial charge in [0.25, 0.3) is 0 Å². The minimum Gasteiger partial charge on any atom is -0.376 e. The molecule has 0 saturated heterocycles. The second kappa shape index (κ2) is 15.8. The molecule has 0 aliphatic carbocycles. The Kier molecular flexibility index (Phi) is 15.7. The Labute approximate surface area is 140 Å². The Bertz CT molecular complexity index is 216. The van der Waals surface area contributed by atoms with E-state index in [0.29, 0.717) is 0 Å². The fraction of sp³-hybridized carbons (Fsp3) is 1.00. The number of unbranched alkanes of at least 4 members (excludes halogenated alkanes) is 13. The van der Waals surface area contributed by atoms with Gasteiger partial charge in [-0.3, -0.25) is 5.32 Å². The summed E-state index contributed by atoms with van der Waals surface area (Å²) in [5, 5.41) is 13.0. The summed E-state index contributed by atoms with van der Waals surface area (Å²) < 4.78 is 0. The summed E-state index contributed by atoms with van der Waals surface area (Å²) in [5.74, 6) is 0. The summed E-state index contributed by atoms with van der Waals surface area (Å²) in [6.45, 7) is 7.10. The summed E-state index contributed by atoms with van der Waals surface area (Å²) in [5.41, 5.74) is -0.670. The quantitative estimate of drug-likeness (QED) is 0.248. The van der Waals surface area contributed by atoms with Crippen LogP contribution in [0.4, 0.5) is 0 Å². The maximum absolute atomic E-state index is 9.82. The van der Waals surface area contributed by atoms with Crippen molar-refractivity contribution in [2.75, 3.05) is 6.54 Å². The van der Waals surface area contributed by atoms with Crippen molar-refractivity contribution in [3.05, 3.63) is 0 Å². The van der Waals surface area contributed by atoms with Gasteiger partial charge in [0.05, 0.1) is 0 Å². The molecule has 0 fully saturated rings. The molecule has 1 unspecified atom stereocenters. The fourth-order valence-corrected chi connectivity index (χ4v) is 2.80. The van der Waals surface area contributed by atoms with Crippen molar-refractivity contribution >= 4 is 0 Å². The summed E-state index contributed by atoms with van der Waals surface area (Å²) in [6.07, 6.45) is 20.3. The van der Waals surface area contributed by atoms with E-state index in [2.05, 4.69) is 12.2 Å². The van der Waals surface area contributed by atoms with Crippen molar-refractivity contribution in [2.24, 2.45) is 0 Å². The molecule has 0 aromatic rings. The highest BCUT2D eigenvalue weighted by Gasteiger charge is 2.14. The van der Waals surface area contributed by atoms with E-state index in [1.165, 1.54) is 89.9 Å². The van der Waals surface area contributed by atoms with Gasteiger partial charge in [0, 0.05) is 0 Å². The minimum absolute atomic E-state index is 0.670. The first kappa shape index (κ1) is 21.9. The number of hydrogen-bond acceptors (Lipinski definition) is 2. The molecule has 2 heteroatoms. The predicted molar refractivity (Wildman–Crippen MR) is 99.2 cm³/mol. The van der Waals surface area contributed by atoms with E-state index in [0.717, 1.165) is 13.0 Å². The van der Waals surface area contributed by atoms with Crippen LogP contribution in [-0.4, -0.2) is 17.4 Å². The number of nitrogens with one attached hydrogen (secondary N) is 1. The molecule has 0 aromatic heterocycles. The monoisotopic (exact) mass is 313 g/mol. The van der Waals surface area contributed by atoms with Crippen LogP contribution in [0.3, 0.4) is 0 Å². The zero-order chi connectivity index (χ0) is 16.5. The van der Waals surface area contributed by atoms with Crippen LogP contribution in [0.5, 0.6) is 0 Å². The molecule has 0 rings (SSSR count). The third kappa shape index (κ3) is 16.3. The zero-order valence-corrected chi connectivity index (χ0v) is 15.8. The van der Waals surface area contributed by atoms with Crippen LogP contribution in [0.25, 0.3) is 0 Å². The lowest BCUT2D eigenvalue weighted by atomic mass is 10.0. The molecule has 134 valence electrons. The molecular formula is C20H43NO.